The molecule has 0 aliphatic rings. The smallest absolute Gasteiger partial charge is 0.165 e. The second-order valence-electron chi connectivity index (χ2n) is 3.09. The minimum Gasteiger partial charge on any atom is -0.472 e. The van der Waals surface area contributed by atoms with E-state index in [0.717, 1.165) is 11.3 Å². The Bertz CT molecular complexity index is 435. The first-order chi connectivity index (χ1) is 7.40. The van der Waals surface area contributed by atoms with Gasteiger partial charge in [-0.05, 0) is 6.07 Å². The summed E-state index contributed by atoms with van der Waals surface area (Å²) in [6.45, 7) is 4.20. The van der Waals surface area contributed by atoms with Crippen LogP contribution in [0.5, 0.6) is 5.75 Å². The summed E-state index contributed by atoms with van der Waals surface area (Å²) >= 11 is 0. The van der Waals surface area contributed by atoms with E-state index in [4.69, 9.17) is 4.74 Å². The van der Waals surface area contributed by atoms with Crippen LogP contribution < -0.4 is 4.74 Å². The highest BCUT2D eigenvalue weighted by Gasteiger charge is 1.98. The van der Waals surface area contributed by atoms with Crippen molar-refractivity contribution in [3.63, 3.8) is 0 Å². The van der Waals surface area contributed by atoms with Gasteiger partial charge in [-0.1, -0.05) is 30.9 Å². The molecule has 0 aliphatic carbocycles. The maximum Gasteiger partial charge on any atom is 0.165 e. The van der Waals surface area contributed by atoms with Crippen molar-refractivity contribution in [2.24, 2.45) is 0 Å². The lowest BCUT2D eigenvalue weighted by Crippen LogP contribution is -2.03. The van der Waals surface area contributed by atoms with Gasteiger partial charge >= 0.3 is 0 Å². The van der Waals surface area contributed by atoms with Crippen LogP contribution in [-0.2, 0) is 6.73 Å². The Morgan fingerprint density at radius 3 is 3.00 bits per heavy atom. The van der Waals surface area contributed by atoms with Crippen LogP contribution in [0.15, 0.2) is 49.6 Å². The van der Waals surface area contributed by atoms with Crippen LogP contribution in [0.2, 0.25) is 0 Å². The molecule has 1 heterocycles. The number of ether oxygens (including phenoxy) is 1. The van der Waals surface area contributed by atoms with E-state index in [-0.39, 0.29) is 0 Å². The largest absolute Gasteiger partial charge is 0.472 e. The van der Waals surface area contributed by atoms with Gasteiger partial charge in [-0.15, -0.1) is 0 Å². The molecule has 1 aromatic heterocycles. The molecule has 2 rings (SSSR count). The lowest BCUT2D eigenvalue weighted by Gasteiger charge is -2.08. The van der Waals surface area contributed by atoms with Crippen LogP contribution in [-0.4, -0.2) is 9.55 Å². The first kappa shape index (κ1) is 9.52. The van der Waals surface area contributed by atoms with Crippen molar-refractivity contribution in [3.8, 4) is 5.75 Å². The molecule has 0 radical (unpaired) electrons. The van der Waals surface area contributed by atoms with Gasteiger partial charge in [0.1, 0.15) is 5.75 Å². The van der Waals surface area contributed by atoms with Crippen molar-refractivity contribution in [2.45, 2.75) is 6.73 Å². The highest BCUT2D eigenvalue weighted by Crippen LogP contribution is 2.18. The van der Waals surface area contributed by atoms with Crippen molar-refractivity contribution >= 4 is 6.08 Å². The van der Waals surface area contributed by atoms with E-state index in [2.05, 4.69) is 11.6 Å². The van der Waals surface area contributed by atoms with Crippen LogP contribution in [0, 0.1) is 0 Å². The highest BCUT2D eigenvalue weighted by atomic mass is 16.5. The molecule has 0 saturated carbocycles. The van der Waals surface area contributed by atoms with Crippen LogP contribution in [0.4, 0.5) is 0 Å². The number of para-hydroxylation sites is 1. The predicted molar refractivity (Wildman–Crippen MR) is 59.4 cm³/mol. The minimum absolute atomic E-state index is 0.463. The number of aromatic nitrogens is 2. The molecule has 2 aromatic rings. The first-order valence-corrected chi connectivity index (χ1v) is 4.70. The summed E-state index contributed by atoms with van der Waals surface area (Å²) in [4.78, 5) is 3.94. The Labute approximate surface area is 88.6 Å². The second kappa shape index (κ2) is 4.46. The lowest BCUT2D eigenvalue weighted by atomic mass is 10.2. The van der Waals surface area contributed by atoms with E-state index in [1.807, 2.05) is 35.0 Å². The molecule has 0 saturated heterocycles. The molecule has 0 bridgehead atoms. The van der Waals surface area contributed by atoms with Gasteiger partial charge in [0, 0.05) is 18.0 Å². The topological polar surface area (TPSA) is 27.1 Å². The molecule has 0 atom stereocenters. The Balaban J connectivity index is 2.07. The maximum absolute atomic E-state index is 5.62. The summed E-state index contributed by atoms with van der Waals surface area (Å²) in [5.74, 6) is 0.834. The molecule has 0 spiro atoms. The summed E-state index contributed by atoms with van der Waals surface area (Å²) in [7, 11) is 0. The number of hydrogen-bond acceptors (Lipinski definition) is 2. The maximum atomic E-state index is 5.62. The molecule has 0 aliphatic heterocycles. The van der Waals surface area contributed by atoms with E-state index in [1.165, 1.54) is 0 Å². The van der Waals surface area contributed by atoms with Gasteiger partial charge in [-0.2, -0.15) is 0 Å². The number of nitrogens with zero attached hydrogens (tertiary/aromatic N) is 2. The van der Waals surface area contributed by atoms with Crippen molar-refractivity contribution in [1.82, 2.24) is 9.55 Å². The Kier molecular flexibility index (Phi) is 2.83. The molecule has 0 N–H and O–H groups in total. The zero-order valence-electron chi connectivity index (χ0n) is 8.34. The van der Waals surface area contributed by atoms with Crippen LogP contribution in [0.1, 0.15) is 5.56 Å². The fourth-order valence-corrected chi connectivity index (χ4v) is 1.29. The van der Waals surface area contributed by atoms with Crippen LogP contribution >= 0.6 is 0 Å². The molecular formula is C12H12N2O. The van der Waals surface area contributed by atoms with Crippen LogP contribution in [0.3, 0.4) is 0 Å². The number of rotatable bonds is 4. The fourth-order valence-electron chi connectivity index (χ4n) is 1.29. The highest BCUT2D eigenvalue weighted by molar-refractivity contribution is 5.55. The van der Waals surface area contributed by atoms with E-state index < -0.39 is 0 Å². The summed E-state index contributed by atoms with van der Waals surface area (Å²) in [6, 6.07) is 7.79. The average Bonchev–Trinajstić information content (AvgIpc) is 2.79. The molecule has 0 unspecified atom stereocenters. The van der Waals surface area contributed by atoms with Gasteiger partial charge in [-0.25, -0.2) is 4.98 Å². The zero-order chi connectivity index (χ0) is 10.5. The SMILES string of the molecule is C=Cc1ccccc1OCn1ccnc1. The third-order valence-electron chi connectivity index (χ3n) is 2.07. The van der Waals surface area contributed by atoms with Gasteiger partial charge in [0.2, 0.25) is 0 Å². The monoisotopic (exact) mass is 200 g/mol. The Morgan fingerprint density at radius 1 is 1.40 bits per heavy atom. The Hall–Kier alpha value is -2.03. The molecule has 3 heteroatoms. The van der Waals surface area contributed by atoms with E-state index in [9.17, 15) is 0 Å². The van der Waals surface area contributed by atoms with Gasteiger partial charge in [-0.3, -0.25) is 0 Å². The summed E-state index contributed by atoms with van der Waals surface area (Å²) in [5.41, 5.74) is 0.998. The lowest BCUT2D eigenvalue weighted by molar-refractivity contribution is 0.236. The van der Waals surface area contributed by atoms with E-state index >= 15 is 0 Å². The number of hydrogen-bond donors (Lipinski definition) is 0. The van der Waals surface area contributed by atoms with Gasteiger partial charge < -0.3 is 9.30 Å². The van der Waals surface area contributed by atoms with Gasteiger partial charge in [0.05, 0.1) is 6.33 Å². The number of imidazole rings is 1. The third kappa shape index (κ3) is 2.26. The number of benzene rings is 1. The standard InChI is InChI=1S/C12H12N2O/c1-2-11-5-3-4-6-12(11)15-10-14-8-7-13-9-14/h2-9H,1,10H2. The van der Waals surface area contributed by atoms with E-state index in [0.29, 0.717) is 6.73 Å². The first-order valence-electron chi connectivity index (χ1n) is 4.70. The third-order valence-corrected chi connectivity index (χ3v) is 2.07. The predicted octanol–water partition coefficient (Wildman–Crippen LogP) is 2.56. The molecule has 0 fully saturated rings. The Morgan fingerprint density at radius 2 is 2.27 bits per heavy atom. The minimum atomic E-state index is 0.463. The fraction of sp³-hybridized carbons (Fsp3) is 0.0833. The molecule has 3 nitrogen and oxygen atoms in total. The molecular weight excluding hydrogens is 188 g/mol. The summed E-state index contributed by atoms with van der Waals surface area (Å²) < 4.78 is 7.49. The normalized spacial score (nSPS) is 9.87. The van der Waals surface area contributed by atoms with E-state index in [1.54, 1.807) is 18.6 Å². The quantitative estimate of drug-likeness (QED) is 0.758. The second-order valence-corrected chi connectivity index (χ2v) is 3.09. The molecule has 76 valence electrons. The van der Waals surface area contributed by atoms with Gasteiger partial charge in [0.15, 0.2) is 6.73 Å². The van der Waals surface area contributed by atoms with Crippen molar-refractivity contribution < 1.29 is 4.74 Å². The molecule has 0 amide bonds. The average molecular weight is 200 g/mol. The van der Waals surface area contributed by atoms with Gasteiger partial charge in [0.25, 0.3) is 0 Å². The molecule has 1 aromatic carbocycles. The zero-order valence-corrected chi connectivity index (χ0v) is 8.34. The summed E-state index contributed by atoms with van der Waals surface area (Å²) in [6.07, 6.45) is 7.08. The van der Waals surface area contributed by atoms with Crippen molar-refractivity contribution in [1.29, 1.82) is 0 Å². The van der Waals surface area contributed by atoms with Crippen molar-refractivity contribution in [3.05, 3.63) is 55.1 Å². The van der Waals surface area contributed by atoms with Crippen LogP contribution in [0.25, 0.3) is 6.08 Å². The molecule has 15 heavy (non-hydrogen) atoms. The van der Waals surface area contributed by atoms with Crippen molar-refractivity contribution in [2.75, 3.05) is 0 Å². The summed E-state index contributed by atoms with van der Waals surface area (Å²) in [5, 5.41) is 0.